The quantitative estimate of drug-likeness (QED) is 0.649. The van der Waals surface area contributed by atoms with Gasteiger partial charge in [0.2, 0.25) is 0 Å². The SMILES string of the molecule is CC1=NN(c2ccccc2)C(O)C1C=Nc1c(O)cccc1CC=O. The van der Waals surface area contributed by atoms with Crippen LogP contribution in [0.5, 0.6) is 5.75 Å². The number of aliphatic hydroxyl groups is 1. The molecule has 2 atom stereocenters. The number of carbonyl (C=O) groups is 1. The Bertz CT molecular complexity index is 818. The van der Waals surface area contributed by atoms with Gasteiger partial charge in [0.15, 0.2) is 6.23 Å². The Balaban J connectivity index is 1.86. The predicted octanol–water partition coefficient (Wildman–Crippen LogP) is 2.67. The highest BCUT2D eigenvalue weighted by molar-refractivity contribution is 6.01. The van der Waals surface area contributed by atoms with E-state index in [-0.39, 0.29) is 12.2 Å². The largest absolute Gasteiger partial charge is 0.506 e. The van der Waals surface area contributed by atoms with Gasteiger partial charge >= 0.3 is 0 Å². The maximum absolute atomic E-state index is 10.8. The first kappa shape index (κ1) is 16.9. The van der Waals surface area contributed by atoms with Crippen molar-refractivity contribution < 1.29 is 15.0 Å². The molecular formula is C19H19N3O3. The summed E-state index contributed by atoms with van der Waals surface area (Å²) in [5.74, 6) is -0.415. The highest BCUT2D eigenvalue weighted by Crippen LogP contribution is 2.32. The van der Waals surface area contributed by atoms with Gasteiger partial charge < -0.3 is 15.0 Å². The fourth-order valence-corrected chi connectivity index (χ4v) is 2.78. The first-order chi connectivity index (χ1) is 12.1. The van der Waals surface area contributed by atoms with E-state index in [2.05, 4.69) is 10.1 Å². The van der Waals surface area contributed by atoms with Crippen LogP contribution in [0.3, 0.4) is 0 Å². The molecule has 2 aromatic rings. The van der Waals surface area contributed by atoms with E-state index in [0.29, 0.717) is 17.0 Å². The van der Waals surface area contributed by atoms with E-state index in [0.717, 1.165) is 12.0 Å². The smallest absolute Gasteiger partial charge is 0.160 e. The van der Waals surface area contributed by atoms with E-state index < -0.39 is 12.1 Å². The van der Waals surface area contributed by atoms with E-state index in [1.165, 1.54) is 6.07 Å². The molecular weight excluding hydrogens is 318 g/mol. The molecule has 0 amide bonds. The number of aliphatic imine (C=N–C) groups is 1. The average molecular weight is 337 g/mol. The molecule has 6 nitrogen and oxygen atoms in total. The Morgan fingerprint density at radius 2 is 1.96 bits per heavy atom. The normalized spacial score (nSPS) is 20.1. The number of aromatic hydroxyl groups is 1. The van der Waals surface area contributed by atoms with Crippen LogP contribution in [0.4, 0.5) is 11.4 Å². The highest BCUT2D eigenvalue weighted by Gasteiger charge is 2.33. The Kier molecular flexibility index (Phi) is 4.90. The monoisotopic (exact) mass is 337 g/mol. The number of carbonyl (C=O) groups excluding carboxylic acids is 1. The summed E-state index contributed by atoms with van der Waals surface area (Å²) >= 11 is 0. The number of aldehydes is 1. The molecule has 2 unspecified atom stereocenters. The van der Waals surface area contributed by atoms with Crippen molar-refractivity contribution in [3.8, 4) is 5.75 Å². The van der Waals surface area contributed by atoms with E-state index in [1.807, 2.05) is 37.3 Å². The second kappa shape index (κ2) is 7.27. The van der Waals surface area contributed by atoms with Gasteiger partial charge in [0.05, 0.1) is 11.6 Å². The molecule has 0 saturated carbocycles. The van der Waals surface area contributed by atoms with Crippen LogP contribution in [-0.2, 0) is 11.2 Å². The topological polar surface area (TPSA) is 85.5 Å². The van der Waals surface area contributed by atoms with Crippen molar-refractivity contribution in [2.75, 3.05) is 5.01 Å². The minimum absolute atomic E-state index is 0.00223. The predicted molar refractivity (Wildman–Crippen MR) is 97.6 cm³/mol. The summed E-state index contributed by atoms with van der Waals surface area (Å²) in [5, 5.41) is 26.6. The fraction of sp³-hybridized carbons (Fsp3) is 0.211. The molecule has 6 heteroatoms. The Labute approximate surface area is 145 Å². The number of para-hydroxylation sites is 2. The van der Waals surface area contributed by atoms with Gasteiger partial charge in [0.1, 0.15) is 17.7 Å². The zero-order valence-corrected chi connectivity index (χ0v) is 13.8. The number of hydrogen-bond acceptors (Lipinski definition) is 6. The standard InChI is InChI=1S/C19H19N3O3/c1-13-16(19(25)22(21-13)15-7-3-2-4-8-15)12-20-18-14(10-11-23)6-5-9-17(18)24/h2-9,11-12,16,19,24-25H,10H2,1H3. The first-order valence-corrected chi connectivity index (χ1v) is 7.98. The molecule has 0 aliphatic carbocycles. The highest BCUT2D eigenvalue weighted by atomic mass is 16.3. The van der Waals surface area contributed by atoms with E-state index >= 15 is 0 Å². The lowest BCUT2D eigenvalue weighted by Gasteiger charge is -2.21. The molecule has 0 bridgehead atoms. The third kappa shape index (κ3) is 3.44. The summed E-state index contributed by atoms with van der Waals surface area (Å²) < 4.78 is 0. The summed E-state index contributed by atoms with van der Waals surface area (Å²) in [7, 11) is 0. The Morgan fingerprint density at radius 3 is 2.68 bits per heavy atom. The lowest BCUT2D eigenvalue weighted by atomic mass is 10.0. The number of rotatable bonds is 5. The van der Waals surface area contributed by atoms with E-state index in [9.17, 15) is 15.0 Å². The zero-order chi connectivity index (χ0) is 17.8. The van der Waals surface area contributed by atoms with Crippen LogP contribution in [0.2, 0.25) is 0 Å². The summed E-state index contributed by atoms with van der Waals surface area (Å²) in [5.41, 5.74) is 2.47. The van der Waals surface area contributed by atoms with E-state index in [1.54, 1.807) is 23.4 Å². The zero-order valence-electron chi connectivity index (χ0n) is 13.8. The minimum atomic E-state index is -0.883. The summed E-state index contributed by atoms with van der Waals surface area (Å²) in [6.45, 7) is 1.82. The third-order valence-corrected chi connectivity index (χ3v) is 4.11. The molecule has 2 aromatic carbocycles. The summed E-state index contributed by atoms with van der Waals surface area (Å²) in [6, 6.07) is 14.3. The number of benzene rings is 2. The molecule has 128 valence electrons. The van der Waals surface area contributed by atoms with Gasteiger partial charge in [0.25, 0.3) is 0 Å². The molecule has 1 heterocycles. The number of anilines is 1. The molecule has 0 radical (unpaired) electrons. The third-order valence-electron chi connectivity index (χ3n) is 4.11. The molecule has 0 spiro atoms. The van der Waals surface area contributed by atoms with Crippen LogP contribution in [0.15, 0.2) is 58.6 Å². The van der Waals surface area contributed by atoms with Gasteiger partial charge in [-0.3, -0.25) is 4.99 Å². The first-order valence-electron chi connectivity index (χ1n) is 7.98. The van der Waals surface area contributed by atoms with Gasteiger partial charge in [0, 0.05) is 18.3 Å². The number of nitrogens with zero attached hydrogens (tertiary/aromatic N) is 3. The van der Waals surface area contributed by atoms with Crippen LogP contribution in [0.25, 0.3) is 0 Å². The second-order valence-electron chi connectivity index (χ2n) is 5.79. The molecule has 25 heavy (non-hydrogen) atoms. The van der Waals surface area contributed by atoms with Crippen molar-refractivity contribution in [3.63, 3.8) is 0 Å². The molecule has 1 aliphatic heterocycles. The second-order valence-corrected chi connectivity index (χ2v) is 5.79. The molecule has 2 N–H and O–H groups in total. The number of hydrazone groups is 1. The number of hydrogen-bond donors (Lipinski definition) is 2. The van der Waals surface area contributed by atoms with Gasteiger partial charge in [-0.1, -0.05) is 30.3 Å². The van der Waals surface area contributed by atoms with Gasteiger partial charge in [-0.2, -0.15) is 5.10 Å². The minimum Gasteiger partial charge on any atom is -0.506 e. The molecule has 0 fully saturated rings. The van der Waals surface area contributed by atoms with Crippen molar-refractivity contribution in [2.45, 2.75) is 19.6 Å². The Morgan fingerprint density at radius 1 is 1.20 bits per heavy atom. The van der Waals surface area contributed by atoms with Crippen molar-refractivity contribution >= 4 is 29.6 Å². The maximum Gasteiger partial charge on any atom is 0.160 e. The lowest BCUT2D eigenvalue weighted by Crippen LogP contribution is -2.33. The van der Waals surface area contributed by atoms with Crippen LogP contribution in [0, 0.1) is 5.92 Å². The van der Waals surface area contributed by atoms with Crippen molar-refractivity contribution in [1.82, 2.24) is 0 Å². The lowest BCUT2D eigenvalue weighted by molar-refractivity contribution is -0.107. The van der Waals surface area contributed by atoms with Crippen molar-refractivity contribution in [1.29, 1.82) is 0 Å². The number of phenols is 1. The maximum atomic E-state index is 10.8. The van der Waals surface area contributed by atoms with E-state index in [4.69, 9.17) is 0 Å². The van der Waals surface area contributed by atoms with Crippen molar-refractivity contribution in [2.24, 2.45) is 16.0 Å². The molecule has 0 saturated heterocycles. The van der Waals surface area contributed by atoms with Crippen LogP contribution in [-0.4, -0.2) is 34.7 Å². The summed E-state index contributed by atoms with van der Waals surface area (Å²) in [6.07, 6.45) is 1.61. The van der Waals surface area contributed by atoms with Gasteiger partial charge in [-0.25, -0.2) is 5.01 Å². The average Bonchev–Trinajstić information content (AvgIpc) is 2.90. The van der Waals surface area contributed by atoms with Gasteiger partial charge in [-0.05, 0) is 30.7 Å². The molecule has 3 rings (SSSR count). The Hall–Kier alpha value is -2.99. The molecule has 0 aromatic heterocycles. The van der Waals surface area contributed by atoms with Crippen LogP contribution in [0.1, 0.15) is 12.5 Å². The van der Waals surface area contributed by atoms with Gasteiger partial charge in [-0.15, -0.1) is 0 Å². The van der Waals surface area contributed by atoms with Crippen molar-refractivity contribution in [3.05, 3.63) is 54.1 Å². The van der Waals surface area contributed by atoms with Crippen LogP contribution < -0.4 is 5.01 Å². The van der Waals surface area contributed by atoms with Crippen LogP contribution >= 0.6 is 0 Å². The summed E-state index contributed by atoms with van der Waals surface area (Å²) in [4.78, 5) is 15.1. The molecule has 1 aliphatic rings. The fourth-order valence-electron chi connectivity index (χ4n) is 2.78. The number of phenolic OH excluding ortho intramolecular Hbond substituents is 1. The number of aliphatic hydroxyl groups excluding tert-OH is 1.